The van der Waals surface area contributed by atoms with Crippen molar-refractivity contribution in [3.05, 3.63) is 65.7 Å². The van der Waals surface area contributed by atoms with E-state index in [2.05, 4.69) is 36.4 Å². The summed E-state index contributed by atoms with van der Waals surface area (Å²) in [7, 11) is 0. The summed E-state index contributed by atoms with van der Waals surface area (Å²) in [5.41, 5.74) is 2.56. The highest BCUT2D eigenvalue weighted by Gasteiger charge is 2.31. The fourth-order valence-electron chi connectivity index (χ4n) is 3.90. The summed E-state index contributed by atoms with van der Waals surface area (Å²) in [4.78, 5) is 14.9. The molecule has 0 aliphatic carbocycles. The number of nitrogens with zero attached hydrogens (tertiary/aromatic N) is 1. The van der Waals surface area contributed by atoms with Gasteiger partial charge in [-0.15, -0.1) is 0 Å². The molecule has 2 heterocycles. The van der Waals surface area contributed by atoms with Gasteiger partial charge in [-0.25, -0.2) is 0 Å². The van der Waals surface area contributed by atoms with Crippen LogP contribution in [0.2, 0.25) is 0 Å². The summed E-state index contributed by atoms with van der Waals surface area (Å²) in [6.07, 6.45) is 2.91. The highest BCUT2D eigenvalue weighted by molar-refractivity contribution is 5.80. The molecule has 3 nitrogen and oxygen atoms in total. The first kappa shape index (κ1) is 15.3. The smallest absolute Gasteiger partial charge is 0.229 e. The topological polar surface area (TPSA) is 29.5 Å². The number of piperidine rings is 1. The van der Waals surface area contributed by atoms with Crippen molar-refractivity contribution in [3.8, 4) is 5.75 Å². The Morgan fingerprint density at radius 2 is 1.67 bits per heavy atom. The summed E-state index contributed by atoms with van der Waals surface area (Å²) < 4.78 is 5.79. The molecule has 0 saturated carbocycles. The van der Waals surface area contributed by atoms with Crippen LogP contribution in [0.25, 0.3) is 0 Å². The zero-order valence-corrected chi connectivity index (χ0v) is 13.9. The van der Waals surface area contributed by atoms with E-state index in [4.69, 9.17) is 4.74 Å². The minimum Gasteiger partial charge on any atom is -0.492 e. The van der Waals surface area contributed by atoms with E-state index < -0.39 is 0 Å². The van der Waals surface area contributed by atoms with E-state index in [1.54, 1.807) is 0 Å². The zero-order chi connectivity index (χ0) is 16.4. The number of carbonyl (C=O) groups excluding carboxylic acids is 1. The highest BCUT2D eigenvalue weighted by Crippen LogP contribution is 2.31. The van der Waals surface area contributed by atoms with Gasteiger partial charge < -0.3 is 9.64 Å². The Hall–Kier alpha value is -2.29. The number of hydrogen-bond donors (Lipinski definition) is 0. The van der Waals surface area contributed by atoms with Crippen LogP contribution >= 0.6 is 0 Å². The molecule has 24 heavy (non-hydrogen) atoms. The van der Waals surface area contributed by atoms with Crippen molar-refractivity contribution in [2.24, 2.45) is 5.92 Å². The van der Waals surface area contributed by atoms with Gasteiger partial charge in [-0.1, -0.05) is 48.5 Å². The first-order chi connectivity index (χ1) is 11.8. The number of para-hydroxylation sites is 1. The largest absolute Gasteiger partial charge is 0.492 e. The molecule has 3 heteroatoms. The second kappa shape index (κ2) is 6.68. The zero-order valence-electron chi connectivity index (χ0n) is 13.9. The number of rotatable bonds is 2. The number of carbonyl (C=O) groups is 1. The van der Waals surface area contributed by atoms with Crippen LogP contribution in [0.3, 0.4) is 0 Å². The van der Waals surface area contributed by atoms with Crippen LogP contribution in [0.1, 0.15) is 29.9 Å². The van der Waals surface area contributed by atoms with Gasteiger partial charge in [-0.2, -0.15) is 0 Å². The van der Waals surface area contributed by atoms with Crippen molar-refractivity contribution < 1.29 is 9.53 Å². The molecule has 0 bridgehead atoms. The van der Waals surface area contributed by atoms with Crippen molar-refractivity contribution in [2.45, 2.75) is 25.2 Å². The maximum absolute atomic E-state index is 12.9. The Morgan fingerprint density at radius 1 is 0.958 bits per heavy atom. The molecule has 1 amide bonds. The van der Waals surface area contributed by atoms with Gasteiger partial charge in [0.1, 0.15) is 12.4 Å². The first-order valence-corrected chi connectivity index (χ1v) is 8.85. The number of fused-ring (bicyclic) bond motifs is 1. The van der Waals surface area contributed by atoms with Crippen LogP contribution in [0.15, 0.2) is 54.6 Å². The molecule has 2 aromatic rings. The minimum absolute atomic E-state index is 0.0341. The van der Waals surface area contributed by atoms with Gasteiger partial charge in [0.2, 0.25) is 5.91 Å². The third-order valence-corrected chi connectivity index (χ3v) is 5.31. The molecule has 2 aliphatic rings. The van der Waals surface area contributed by atoms with Crippen LogP contribution in [0.5, 0.6) is 5.75 Å². The maximum Gasteiger partial charge on any atom is 0.229 e. The second-order valence-electron chi connectivity index (χ2n) is 6.83. The van der Waals surface area contributed by atoms with E-state index in [0.29, 0.717) is 12.5 Å². The van der Waals surface area contributed by atoms with Crippen molar-refractivity contribution in [3.63, 3.8) is 0 Å². The Morgan fingerprint density at radius 3 is 2.46 bits per heavy atom. The van der Waals surface area contributed by atoms with Crippen LogP contribution in [-0.2, 0) is 11.2 Å². The first-order valence-electron chi connectivity index (χ1n) is 8.85. The summed E-state index contributed by atoms with van der Waals surface area (Å²) in [5.74, 6) is 1.74. The Labute approximate surface area is 143 Å². The molecule has 1 atom stereocenters. The molecular weight excluding hydrogens is 298 g/mol. The summed E-state index contributed by atoms with van der Waals surface area (Å²) in [6.45, 7) is 2.22. The fraction of sp³-hybridized carbons (Fsp3) is 0.381. The number of benzene rings is 2. The molecule has 0 spiro atoms. The predicted octanol–water partition coefficient (Wildman–Crippen LogP) is 3.64. The quantitative estimate of drug-likeness (QED) is 0.845. The normalized spacial score (nSPS) is 21.0. The molecule has 2 aliphatic heterocycles. The van der Waals surface area contributed by atoms with Crippen molar-refractivity contribution in [1.82, 2.24) is 4.90 Å². The summed E-state index contributed by atoms with van der Waals surface area (Å²) in [6, 6.07) is 18.7. The van der Waals surface area contributed by atoms with Crippen LogP contribution in [0.4, 0.5) is 0 Å². The molecule has 124 valence electrons. The van der Waals surface area contributed by atoms with Gasteiger partial charge >= 0.3 is 0 Å². The average Bonchev–Trinajstić information content (AvgIpc) is 2.68. The van der Waals surface area contributed by atoms with E-state index in [1.165, 1.54) is 5.56 Å². The van der Waals surface area contributed by atoms with Crippen LogP contribution in [-0.4, -0.2) is 30.5 Å². The molecule has 2 aromatic carbocycles. The Bertz CT molecular complexity index is 705. The van der Waals surface area contributed by atoms with E-state index in [0.717, 1.165) is 43.7 Å². The lowest BCUT2D eigenvalue weighted by atomic mass is 9.88. The van der Waals surface area contributed by atoms with Gasteiger partial charge in [0.25, 0.3) is 0 Å². The van der Waals surface area contributed by atoms with Crippen LogP contribution in [0, 0.1) is 5.92 Å². The predicted molar refractivity (Wildman–Crippen MR) is 94.1 cm³/mol. The van der Waals surface area contributed by atoms with Gasteiger partial charge in [-0.3, -0.25) is 4.79 Å². The lowest BCUT2D eigenvalue weighted by Crippen LogP contribution is -2.44. The molecule has 0 radical (unpaired) electrons. The third-order valence-electron chi connectivity index (χ3n) is 5.31. The average molecular weight is 321 g/mol. The van der Waals surface area contributed by atoms with Crippen molar-refractivity contribution in [2.75, 3.05) is 19.7 Å². The van der Waals surface area contributed by atoms with E-state index in [-0.39, 0.29) is 11.8 Å². The molecule has 0 aromatic heterocycles. The number of ether oxygens (including phenoxy) is 1. The molecular formula is C21H23NO2. The van der Waals surface area contributed by atoms with Gasteiger partial charge in [0.05, 0.1) is 5.92 Å². The van der Waals surface area contributed by atoms with E-state index in [9.17, 15) is 4.79 Å². The van der Waals surface area contributed by atoms with E-state index >= 15 is 0 Å². The molecule has 1 unspecified atom stereocenters. The second-order valence-corrected chi connectivity index (χ2v) is 6.83. The molecule has 1 fully saturated rings. The number of likely N-dealkylation sites (tertiary alicyclic amines) is 1. The lowest BCUT2D eigenvalue weighted by molar-refractivity contribution is -0.138. The highest BCUT2D eigenvalue weighted by atomic mass is 16.5. The summed E-state index contributed by atoms with van der Waals surface area (Å²) in [5, 5.41) is 0. The molecule has 4 rings (SSSR count). The van der Waals surface area contributed by atoms with Gasteiger partial charge in [0, 0.05) is 13.1 Å². The number of hydrogen-bond acceptors (Lipinski definition) is 2. The lowest BCUT2D eigenvalue weighted by Gasteiger charge is -2.35. The van der Waals surface area contributed by atoms with Crippen molar-refractivity contribution in [1.29, 1.82) is 0 Å². The Balaban J connectivity index is 1.37. The fourth-order valence-corrected chi connectivity index (χ4v) is 3.90. The molecule has 1 saturated heterocycles. The minimum atomic E-state index is -0.0341. The third kappa shape index (κ3) is 3.03. The van der Waals surface area contributed by atoms with Crippen LogP contribution < -0.4 is 4.74 Å². The van der Waals surface area contributed by atoms with Gasteiger partial charge in [0.15, 0.2) is 0 Å². The Kier molecular flexibility index (Phi) is 4.24. The summed E-state index contributed by atoms with van der Waals surface area (Å²) >= 11 is 0. The number of amides is 1. The van der Waals surface area contributed by atoms with Crippen molar-refractivity contribution >= 4 is 5.91 Å². The van der Waals surface area contributed by atoms with E-state index in [1.807, 2.05) is 23.1 Å². The molecule has 0 N–H and O–H groups in total. The monoisotopic (exact) mass is 321 g/mol. The maximum atomic E-state index is 12.9. The SMILES string of the molecule is O=C(C1COc2ccccc2C1)N1CCC(c2ccccc2)CC1. The standard InChI is InChI=1S/C21H23NO2/c23-21(19-14-18-8-4-5-9-20(18)24-15-19)22-12-10-17(11-13-22)16-6-2-1-3-7-16/h1-9,17,19H,10-15H2. The van der Waals surface area contributed by atoms with Gasteiger partial charge in [-0.05, 0) is 42.4 Å².